The first kappa shape index (κ1) is 14.5. The molecule has 4 aliphatic carbocycles. The Morgan fingerprint density at radius 2 is 1.62 bits per heavy atom. The van der Waals surface area contributed by atoms with Crippen LogP contribution >= 0.6 is 0 Å². The molecule has 1 heteroatoms. The van der Waals surface area contributed by atoms with Crippen LogP contribution in [0.3, 0.4) is 0 Å². The lowest BCUT2D eigenvalue weighted by Gasteiger charge is -2.64. The number of hydrogen-bond donors (Lipinski definition) is 1. The molecule has 4 saturated carbocycles. The van der Waals surface area contributed by atoms with Crippen molar-refractivity contribution >= 4 is 0 Å². The smallest absolute Gasteiger partial charge is 0.0653 e. The fourth-order valence-corrected chi connectivity index (χ4v) is 8.12. The van der Waals surface area contributed by atoms with Gasteiger partial charge in [-0.25, -0.2) is 0 Å². The maximum atomic E-state index is 10.9. The van der Waals surface area contributed by atoms with E-state index in [2.05, 4.69) is 27.7 Å². The summed E-state index contributed by atoms with van der Waals surface area (Å²) in [6, 6.07) is 0. The van der Waals surface area contributed by atoms with E-state index in [0.29, 0.717) is 22.2 Å². The van der Waals surface area contributed by atoms with Crippen molar-refractivity contribution in [3.8, 4) is 0 Å². The summed E-state index contributed by atoms with van der Waals surface area (Å²) in [6.45, 7) is 9.83. The molecule has 0 aromatic rings. The second-order valence-electron chi connectivity index (χ2n) is 10.4. The van der Waals surface area contributed by atoms with Crippen LogP contribution in [-0.2, 0) is 0 Å². The maximum Gasteiger partial charge on any atom is 0.0653 e. The highest BCUT2D eigenvalue weighted by atomic mass is 16.3. The topological polar surface area (TPSA) is 20.2 Å². The summed E-state index contributed by atoms with van der Waals surface area (Å²) in [7, 11) is 0. The van der Waals surface area contributed by atoms with Crippen LogP contribution in [0, 0.1) is 34.0 Å². The molecule has 120 valence electrons. The van der Waals surface area contributed by atoms with Gasteiger partial charge < -0.3 is 5.11 Å². The minimum atomic E-state index is -0.373. The normalized spacial score (nSPS) is 58.4. The Morgan fingerprint density at radius 1 is 0.857 bits per heavy atom. The van der Waals surface area contributed by atoms with Gasteiger partial charge in [-0.2, -0.15) is 0 Å². The average molecular weight is 290 g/mol. The zero-order valence-corrected chi connectivity index (χ0v) is 14.5. The van der Waals surface area contributed by atoms with Gasteiger partial charge >= 0.3 is 0 Å². The Hall–Kier alpha value is -0.0400. The summed E-state index contributed by atoms with van der Waals surface area (Å²) in [5, 5.41) is 10.9. The molecule has 2 bridgehead atoms. The lowest BCUT2D eigenvalue weighted by molar-refractivity contribution is -0.145. The fraction of sp³-hybridized carbons (Fsp3) is 1.00. The van der Waals surface area contributed by atoms with Crippen molar-refractivity contribution < 1.29 is 5.11 Å². The molecule has 1 spiro atoms. The van der Waals surface area contributed by atoms with Gasteiger partial charge in [0.25, 0.3) is 0 Å². The number of fused-ring (bicyclic) bond motifs is 3. The molecule has 0 amide bonds. The lowest BCUT2D eigenvalue weighted by Crippen LogP contribution is -2.55. The number of aliphatic hydroxyl groups is 1. The van der Waals surface area contributed by atoms with Gasteiger partial charge in [-0.05, 0) is 92.3 Å². The molecule has 4 rings (SSSR count). The quantitative estimate of drug-likeness (QED) is 0.652. The predicted molar refractivity (Wildman–Crippen MR) is 87.0 cm³/mol. The Morgan fingerprint density at radius 3 is 2.38 bits per heavy atom. The zero-order valence-electron chi connectivity index (χ0n) is 14.5. The molecule has 0 heterocycles. The molecule has 4 fully saturated rings. The highest BCUT2D eigenvalue weighted by Gasteiger charge is 2.65. The molecule has 0 aliphatic heterocycles. The molecule has 1 nitrogen and oxygen atoms in total. The molecule has 4 aliphatic rings. The van der Waals surface area contributed by atoms with E-state index in [1.807, 2.05) is 0 Å². The van der Waals surface area contributed by atoms with E-state index < -0.39 is 0 Å². The van der Waals surface area contributed by atoms with Crippen LogP contribution in [0.5, 0.6) is 0 Å². The van der Waals surface area contributed by atoms with Gasteiger partial charge in [0.05, 0.1) is 5.60 Å². The van der Waals surface area contributed by atoms with Crippen molar-refractivity contribution in [2.24, 2.45) is 34.0 Å². The molecule has 6 atom stereocenters. The summed E-state index contributed by atoms with van der Waals surface area (Å²) in [4.78, 5) is 0. The monoisotopic (exact) mass is 290 g/mol. The Balaban J connectivity index is 1.73. The maximum absolute atomic E-state index is 10.9. The van der Waals surface area contributed by atoms with E-state index in [-0.39, 0.29) is 5.60 Å². The van der Waals surface area contributed by atoms with E-state index in [0.717, 1.165) is 18.3 Å². The Bertz CT molecular complexity index is 451. The van der Waals surface area contributed by atoms with Gasteiger partial charge in [-0.1, -0.05) is 27.2 Å². The third-order valence-electron chi connectivity index (χ3n) is 8.79. The first-order chi connectivity index (χ1) is 9.70. The Labute approximate surface area is 130 Å². The molecule has 1 N–H and O–H groups in total. The van der Waals surface area contributed by atoms with Gasteiger partial charge in [-0.15, -0.1) is 0 Å². The highest BCUT2D eigenvalue weighted by Crippen LogP contribution is 2.72. The molecule has 0 saturated heterocycles. The van der Waals surface area contributed by atoms with Crippen molar-refractivity contribution in [1.29, 1.82) is 0 Å². The SMILES string of the molecule is CC1(C)CCC[C@@]2(C)[C@@H]1CC[C@]13C[C@H](CC[C@H]12)[C@](C)(O)C3. The van der Waals surface area contributed by atoms with Gasteiger partial charge in [0, 0.05) is 0 Å². The van der Waals surface area contributed by atoms with Crippen molar-refractivity contribution in [3.63, 3.8) is 0 Å². The van der Waals surface area contributed by atoms with Gasteiger partial charge in [0.15, 0.2) is 0 Å². The van der Waals surface area contributed by atoms with E-state index >= 15 is 0 Å². The average Bonchev–Trinajstić information content (AvgIpc) is 2.53. The van der Waals surface area contributed by atoms with E-state index in [4.69, 9.17) is 0 Å². The molecular weight excluding hydrogens is 256 g/mol. The summed E-state index contributed by atoms with van der Waals surface area (Å²) < 4.78 is 0. The number of rotatable bonds is 0. The van der Waals surface area contributed by atoms with Gasteiger partial charge in [0.2, 0.25) is 0 Å². The van der Waals surface area contributed by atoms with Gasteiger partial charge in [0.1, 0.15) is 0 Å². The molecule has 0 unspecified atom stereocenters. The minimum Gasteiger partial charge on any atom is -0.390 e. The van der Waals surface area contributed by atoms with E-state index in [1.165, 1.54) is 51.4 Å². The standard InChI is InChI=1S/C20H34O/c1-17(2)9-5-10-18(3)15(17)8-11-20-12-14(6-7-16(18)20)19(4,21)13-20/h14-16,21H,5-13H2,1-4H3/t14-,15+,16-,18-,19+,20+/m0/s1. The predicted octanol–water partition coefficient (Wildman–Crippen LogP) is 5.17. The molecule has 0 aromatic heterocycles. The summed E-state index contributed by atoms with van der Waals surface area (Å²) >= 11 is 0. The van der Waals surface area contributed by atoms with Crippen LogP contribution in [0.15, 0.2) is 0 Å². The second-order valence-corrected chi connectivity index (χ2v) is 10.4. The van der Waals surface area contributed by atoms with Crippen molar-refractivity contribution in [1.82, 2.24) is 0 Å². The molecule has 0 radical (unpaired) electrons. The van der Waals surface area contributed by atoms with Crippen LogP contribution in [0.1, 0.15) is 85.5 Å². The largest absolute Gasteiger partial charge is 0.390 e. The molecular formula is C20H34O. The highest BCUT2D eigenvalue weighted by molar-refractivity contribution is 5.15. The lowest BCUT2D eigenvalue weighted by atomic mass is 9.41. The van der Waals surface area contributed by atoms with Crippen LogP contribution in [-0.4, -0.2) is 10.7 Å². The van der Waals surface area contributed by atoms with E-state index in [9.17, 15) is 5.11 Å². The zero-order chi connectivity index (χ0) is 15.1. The van der Waals surface area contributed by atoms with Crippen molar-refractivity contribution in [2.45, 2.75) is 91.1 Å². The first-order valence-corrected chi connectivity index (χ1v) is 9.42. The van der Waals surface area contributed by atoms with E-state index in [1.54, 1.807) is 0 Å². The molecule has 21 heavy (non-hydrogen) atoms. The molecule has 0 aromatic carbocycles. The fourth-order valence-electron chi connectivity index (χ4n) is 8.12. The van der Waals surface area contributed by atoms with Crippen molar-refractivity contribution in [3.05, 3.63) is 0 Å². The van der Waals surface area contributed by atoms with Gasteiger partial charge in [-0.3, -0.25) is 0 Å². The van der Waals surface area contributed by atoms with Crippen LogP contribution in [0.25, 0.3) is 0 Å². The summed E-state index contributed by atoms with van der Waals surface area (Å²) in [5.41, 5.74) is 1.20. The third kappa shape index (κ3) is 1.79. The minimum absolute atomic E-state index is 0.373. The third-order valence-corrected chi connectivity index (χ3v) is 8.79. The van der Waals surface area contributed by atoms with Crippen LogP contribution < -0.4 is 0 Å². The van der Waals surface area contributed by atoms with Crippen LogP contribution in [0.2, 0.25) is 0 Å². The van der Waals surface area contributed by atoms with Crippen molar-refractivity contribution in [2.75, 3.05) is 0 Å². The summed E-state index contributed by atoms with van der Waals surface area (Å²) in [6.07, 6.45) is 12.2. The summed E-state index contributed by atoms with van der Waals surface area (Å²) in [5.74, 6) is 2.38. The Kier molecular flexibility index (Phi) is 2.82. The second kappa shape index (κ2) is 4.08. The van der Waals surface area contributed by atoms with Crippen LogP contribution in [0.4, 0.5) is 0 Å². The number of hydrogen-bond acceptors (Lipinski definition) is 1. The first-order valence-electron chi connectivity index (χ1n) is 9.42.